The summed E-state index contributed by atoms with van der Waals surface area (Å²) >= 11 is 0. The number of anilines is 1. The van der Waals surface area contributed by atoms with Crippen molar-refractivity contribution in [3.05, 3.63) is 17.6 Å². The van der Waals surface area contributed by atoms with Gasteiger partial charge in [0.25, 0.3) is 0 Å². The Bertz CT molecular complexity index is 676. The fourth-order valence-electron chi connectivity index (χ4n) is 3.55. The first-order valence-electron chi connectivity index (χ1n) is 8.68. The number of ether oxygens (including phenoxy) is 1. The van der Waals surface area contributed by atoms with E-state index in [0.29, 0.717) is 32.8 Å². The second kappa shape index (κ2) is 6.93. The number of urea groups is 1. The van der Waals surface area contributed by atoms with Crippen LogP contribution in [0.25, 0.3) is 0 Å². The van der Waals surface area contributed by atoms with Crippen LogP contribution in [0.2, 0.25) is 0 Å². The lowest BCUT2D eigenvalue weighted by Gasteiger charge is -2.34. The number of hydrogen-bond donors (Lipinski definition) is 1. The van der Waals surface area contributed by atoms with E-state index in [1.807, 2.05) is 0 Å². The van der Waals surface area contributed by atoms with Crippen molar-refractivity contribution in [3.63, 3.8) is 0 Å². The van der Waals surface area contributed by atoms with E-state index in [4.69, 9.17) is 4.74 Å². The van der Waals surface area contributed by atoms with Crippen molar-refractivity contribution >= 4 is 17.8 Å². The number of rotatable bonds is 3. The molecular weight excluding hydrogens is 324 g/mol. The van der Waals surface area contributed by atoms with E-state index in [1.165, 1.54) is 4.90 Å². The number of carbonyl (C=O) groups excluding carboxylic acids is 2. The number of fused-ring (bicyclic) bond motifs is 1. The lowest BCUT2D eigenvalue weighted by molar-refractivity contribution is -0.129. The second-order valence-electron chi connectivity index (χ2n) is 6.46. The van der Waals surface area contributed by atoms with E-state index >= 15 is 0 Å². The summed E-state index contributed by atoms with van der Waals surface area (Å²) in [6.07, 6.45) is 2.41. The van der Waals surface area contributed by atoms with Crippen LogP contribution in [-0.4, -0.2) is 84.2 Å². The molecule has 0 spiro atoms. The van der Waals surface area contributed by atoms with Gasteiger partial charge < -0.3 is 15.0 Å². The summed E-state index contributed by atoms with van der Waals surface area (Å²) in [7, 11) is 0. The Morgan fingerprint density at radius 3 is 2.80 bits per heavy atom. The van der Waals surface area contributed by atoms with Crippen molar-refractivity contribution < 1.29 is 14.3 Å². The summed E-state index contributed by atoms with van der Waals surface area (Å²) < 4.78 is 5.42. The Labute approximate surface area is 145 Å². The third-order valence-electron chi connectivity index (χ3n) is 4.89. The van der Waals surface area contributed by atoms with E-state index < -0.39 is 0 Å². The Morgan fingerprint density at radius 1 is 1.20 bits per heavy atom. The van der Waals surface area contributed by atoms with Crippen LogP contribution >= 0.6 is 0 Å². The fourth-order valence-corrected chi connectivity index (χ4v) is 3.55. The first-order valence-corrected chi connectivity index (χ1v) is 8.68. The number of morpholine rings is 1. The molecule has 134 valence electrons. The molecule has 0 aromatic carbocycles. The Morgan fingerprint density at radius 2 is 2.04 bits per heavy atom. The summed E-state index contributed by atoms with van der Waals surface area (Å²) in [6, 6.07) is -0.292. The van der Waals surface area contributed by atoms with Gasteiger partial charge in [-0.1, -0.05) is 0 Å². The third-order valence-corrected chi connectivity index (χ3v) is 4.89. The van der Waals surface area contributed by atoms with Crippen molar-refractivity contribution in [1.82, 2.24) is 25.1 Å². The minimum atomic E-state index is -0.292. The molecule has 3 aliphatic rings. The lowest BCUT2D eigenvalue weighted by Crippen LogP contribution is -2.44. The van der Waals surface area contributed by atoms with E-state index in [9.17, 15) is 9.59 Å². The van der Waals surface area contributed by atoms with Crippen LogP contribution in [0.3, 0.4) is 0 Å². The average molecular weight is 346 g/mol. The van der Waals surface area contributed by atoms with Gasteiger partial charge in [-0.05, 0) is 0 Å². The Kier molecular flexibility index (Phi) is 4.50. The number of imide groups is 1. The molecule has 0 atom stereocenters. The molecule has 0 aliphatic carbocycles. The minimum Gasteiger partial charge on any atom is -0.378 e. The van der Waals surface area contributed by atoms with E-state index in [0.717, 1.165) is 43.1 Å². The van der Waals surface area contributed by atoms with Crippen LogP contribution < -0.4 is 10.2 Å². The van der Waals surface area contributed by atoms with Crippen molar-refractivity contribution in [2.24, 2.45) is 0 Å². The van der Waals surface area contributed by atoms with Gasteiger partial charge in [0.05, 0.1) is 25.5 Å². The van der Waals surface area contributed by atoms with Gasteiger partial charge in [-0.15, -0.1) is 0 Å². The smallest absolute Gasteiger partial charge is 0.324 e. The largest absolute Gasteiger partial charge is 0.378 e. The van der Waals surface area contributed by atoms with Gasteiger partial charge in [-0.25, -0.2) is 14.8 Å². The van der Waals surface area contributed by atoms with Gasteiger partial charge in [0, 0.05) is 51.3 Å². The standard InChI is InChI=1S/C16H22N6O3/c23-14(22-4-2-17-16(22)24)10-20-3-1-13-12(9-20)15(19-11-18-13)21-5-7-25-8-6-21/h11H,1-10H2,(H,17,24). The number of aromatic nitrogens is 2. The molecule has 4 heterocycles. The first kappa shape index (κ1) is 16.2. The summed E-state index contributed by atoms with van der Waals surface area (Å²) in [6.45, 7) is 5.64. The number of hydrogen-bond acceptors (Lipinski definition) is 7. The maximum absolute atomic E-state index is 12.4. The predicted octanol–water partition coefficient (Wildman–Crippen LogP) is -0.777. The molecule has 3 amide bonds. The zero-order chi connectivity index (χ0) is 17.2. The van der Waals surface area contributed by atoms with Gasteiger partial charge in [0.2, 0.25) is 5.91 Å². The molecule has 9 nitrogen and oxygen atoms in total. The summed E-state index contributed by atoms with van der Waals surface area (Å²) in [5.41, 5.74) is 2.15. The van der Waals surface area contributed by atoms with Gasteiger partial charge in [-0.3, -0.25) is 14.6 Å². The lowest BCUT2D eigenvalue weighted by atomic mass is 10.1. The van der Waals surface area contributed by atoms with E-state index in [1.54, 1.807) is 6.33 Å². The number of nitrogens with zero attached hydrogens (tertiary/aromatic N) is 5. The molecule has 2 saturated heterocycles. The molecule has 1 aromatic rings. The zero-order valence-electron chi connectivity index (χ0n) is 14.1. The molecule has 1 aromatic heterocycles. The van der Waals surface area contributed by atoms with E-state index in [2.05, 4.69) is 25.1 Å². The van der Waals surface area contributed by atoms with E-state index in [-0.39, 0.29) is 18.5 Å². The van der Waals surface area contributed by atoms with Crippen LogP contribution in [0.15, 0.2) is 6.33 Å². The molecule has 1 N–H and O–H groups in total. The highest BCUT2D eigenvalue weighted by molar-refractivity contribution is 5.96. The van der Waals surface area contributed by atoms with Gasteiger partial charge in [0.15, 0.2) is 0 Å². The first-order chi connectivity index (χ1) is 12.2. The maximum Gasteiger partial charge on any atom is 0.324 e. The summed E-state index contributed by atoms with van der Waals surface area (Å²) in [4.78, 5) is 38.5. The molecule has 0 saturated carbocycles. The predicted molar refractivity (Wildman–Crippen MR) is 89.2 cm³/mol. The molecule has 25 heavy (non-hydrogen) atoms. The average Bonchev–Trinajstić information content (AvgIpc) is 3.08. The van der Waals surface area contributed by atoms with Gasteiger partial charge >= 0.3 is 6.03 Å². The quantitative estimate of drug-likeness (QED) is 0.768. The molecular formula is C16H22N6O3. The number of carbonyl (C=O) groups is 2. The molecule has 3 aliphatic heterocycles. The highest BCUT2D eigenvalue weighted by Crippen LogP contribution is 2.26. The third kappa shape index (κ3) is 3.29. The SMILES string of the molecule is O=C(CN1CCc2ncnc(N3CCOCC3)c2C1)N1CCNC1=O. The van der Waals surface area contributed by atoms with Crippen LogP contribution in [0.4, 0.5) is 10.6 Å². The van der Waals surface area contributed by atoms with Crippen LogP contribution in [0.5, 0.6) is 0 Å². The van der Waals surface area contributed by atoms with Crippen molar-refractivity contribution in [2.45, 2.75) is 13.0 Å². The molecule has 2 fully saturated rings. The normalized spacial score (nSPS) is 21.2. The van der Waals surface area contributed by atoms with Gasteiger partial charge in [-0.2, -0.15) is 0 Å². The monoisotopic (exact) mass is 346 g/mol. The minimum absolute atomic E-state index is 0.150. The molecule has 9 heteroatoms. The summed E-state index contributed by atoms with van der Waals surface area (Å²) in [5.74, 6) is 0.799. The van der Waals surface area contributed by atoms with Crippen molar-refractivity contribution in [2.75, 3.05) is 57.4 Å². The molecule has 0 radical (unpaired) electrons. The number of nitrogens with one attached hydrogen (secondary N) is 1. The van der Waals surface area contributed by atoms with Crippen LogP contribution in [0.1, 0.15) is 11.3 Å². The van der Waals surface area contributed by atoms with Crippen LogP contribution in [-0.2, 0) is 22.5 Å². The zero-order valence-corrected chi connectivity index (χ0v) is 14.1. The Balaban J connectivity index is 1.48. The summed E-state index contributed by atoms with van der Waals surface area (Å²) in [5, 5.41) is 2.66. The van der Waals surface area contributed by atoms with Crippen LogP contribution in [0, 0.1) is 0 Å². The highest BCUT2D eigenvalue weighted by atomic mass is 16.5. The Hall–Kier alpha value is -2.26. The topological polar surface area (TPSA) is 90.9 Å². The fraction of sp³-hybridized carbons (Fsp3) is 0.625. The molecule has 4 rings (SSSR count). The number of amides is 3. The highest BCUT2D eigenvalue weighted by Gasteiger charge is 2.30. The molecule has 0 bridgehead atoms. The molecule has 0 unspecified atom stereocenters. The second-order valence-corrected chi connectivity index (χ2v) is 6.46. The maximum atomic E-state index is 12.4. The van der Waals surface area contributed by atoms with Crippen molar-refractivity contribution in [1.29, 1.82) is 0 Å². The van der Waals surface area contributed by atoms with Gasteiger partial charge in [0.1, 0.15) is 12.1 Å². The van der Waals surface area contributed by atoms with Crippen molar-refractivity contribution in [3.8, 4) is 0 Å².